The molecule has 1 heterocycles. The van der Waals surface area contributed by atoms with Crippen molar-refractivity contribution in [1.29, 1.82) is 0 Å². The summed E-state index contributed by atoms with van der Waals surface area (Å²) in [6.45, 7) is 6.48. The molecule has 0 atom stereocenters. The van der Waals surface area contributed by atoms with Crippen molar-refractivity contribution in [3.8, 4) is 5.75 Å². The highest BCUT2D eigenvalue weighted by atomic mass is 35.5. The Kier molecular flexibility index (Phi) is 7.55. The van der Waals surface area contributed by atoms with Gasteiger partial charge < -0.3 is 15.0 Å². The van der Waals surface area contributed by atoms with Gasteiger partial charge in [-0.1, -0.05) is 35.5 Å². The number of carbonyl (C=O) groups excluding carboxylic acids is 1. The third-order valence-corrected chi connectivity index (χ3v) is 5.48. The van der Waals surface area contributed by atoms with Crippen molar-refractivity contribution in [3.63, 3.8) is 0 Å². The molecule has 0 unspecified atom stereocenters. The summed E-state index contributed by atoms with van der Waals surface area (Å²) in [4.78, 5) is 13.5. The molecule has 2 aromatic carbocycles. The zero-order valence-corrected chi connectivity index (χ0v) is 18.0. The Hall–Kier alpha value is -2.51. The van der Waals surface area contributed by atoms with Gasteiger partial charge in [-0.2, -0.15) is 5.10 Å². The van der Waals surface area contributed by atoms with Gasteiger partial charge in [0.1, 0.15) is 12.4 Å². The fourth-order valence-electron chi connectivity index (χ4n) is 2.80. The molecular weight excluding hydrogens is 408 g/mol. The van der Waals surface area contributed by atoms with Gasteiger partial charge in [0, 0.05) is 35.4 Å². The molecule has 0 spiro atoms. The quantitative estimate of drug-likeness (QED) is 0.500. The van der Waals surface area contributed by atoms with E-state index in [0.717, 1.165) is 35.7 Å². The third kappa shape index (κ3) is 5.98. The molecule has 0 aromatic heterocycles. The summed E-state index contributed by atoms with van der Waals surface area (Å²) in [6, 6.07) is 13.6. The number of ether oxygens (including phenoxy) is 1. The molecule has 1 aliphatic heterocycles. The molecule has 1 N–H and O–H groups in total. The van der Waals surface area contributed by atoms with Gasteiger partial charge in [-0.05, 0) is 43.7 Å². The van der Waals surface area contributed by atoms with Crippen LogP contribution in [-0.4, -0.2) is 36.1 Å². The highest BCUT2D eigenvalue weighted by molar-refractivity contribution is 8.15. The number of hydrogen-bond donors (Lipinski definition) is 1. The first-order valence-electron chi connectivity index (χ1n) is 9.39. The predicted molar refractivity (Wildman–Crippen MR) is 121 cm³/mol. The second kappa shape index (κ2) is 10.3. The summed E-state index contributed by atoms with van der Waals surface area (Å²) in [6.07, 6.45) is 1.64. The minimum absolute atomic E-state index is 0.0560. The van der Waals surface area contributed by atoms with E-state index in [2.05, 4.69) is 34.3 Å². The minimum atomic E-state index is -0.0560. The van der Waals surface area contributed by atoms with Crippen molar-refractivity contribution in [3.05, 3.63) is 58.6 Å². The van der Waals surface area contributed by atoms with E-state index in [-0.39, 0.29) is 5.91 Å². The maximum Gasteiger partial charge on any atom is 0.236 e. The molecule has 1 aliphatic rings. The van der Waals surface area contributed by atoms with Gasteiger partial charge in [-0.15, -0.1) is 5.10 Å². The maximum absolute atomic E-state index is 11.2. The topological polar surface area (TPSA) is 66.3 Å². The van der Waals surface area contributed by atoms with E-state index < -0.39 is 0 Å². The molecule has 1 amide bonds. The van der Waals surface area contributed by atoms with Gasteiger partial charge in [0.15, 0.2) is 5.17 Å². The zero-order chi connectivity index (χ0) is 20.6. The van der Waals surface area contributed by atoms with Crippen molar-refractivity contribution >= 4 is 46.3 Å². The summed E-state index contributed by atoms with van der Waals surface area (Å²) < 4.78 is 6.10. The molecular formula is C21H23ClN4O2S. The Labute approximate surface area is 180 Å². The molecule has 29 heavy (non-hydrogen) atoms. The SMILES string of the molecule is CCN(CC)c1ccc(C=NN=C2NC(=O)CS2)c(OCc2ccc(Cl)cc2)c1. The number of nitrogens with one attached hydrogen (secondary N) is 1. The van der Waals surface area contributed by atoms with Crippen molar-refractivity contribution < 1.29 is 9.53 Å². The number of amidine groups is 1. The van der Waals surface area contributed by atoms with Crippen molar-refractivity contribution in [2.24, 2.45) is 10.2 Å². The van der Waals surface area contributed by atoms with Crippen LogP contribution in [0.5, 0.6) is 5.75 Å². The largest absolute Gasteiger partial charge is 0.488 e. The molecule has 1 fully saturated rings. The molecule has 3 rings (SSSR count). The maximum atomic E-state index is 11.2. The zero-order valence-electron chi connectivity index (χ0n) is 16.4. The fraction of sp³-hybridized carbons (Fsp3) is 0.286. The Morgan fingerprint density at radius 2 is 1.97 bits per heavy atom. The molecule has 0 radical (unpaired) electrons. The van der Waals surface area contributed by atoms with Gasteiger partial charge >= 0.3 is 0 Å². The number of thioether (sulfide) groups is 1. The van der Waals surface area contributed by atoms with Crippen molar-refractivity contribution in [2.75, 3.05) is 23.7 Å². The van der Waals surface area contributed by atoms with Gasteiger partial charge in [-0.25, -0.2) is 0 Å². The second-order valence-electron chi connectivity index (χ2n) is 6.30. The van der Waals surface area contributed by atoms with E-state index in [4.69, 9.17) is 16.3 Å². The van der Waals surface area contributed by atoms with E-state index in [1.807, 2.05) is 42.5 Å². The lowest BCUT2D eigenvalue weighted by Gasteiger charge is -2.22. The highest BCUT2D eigenvalue weighted by Crippen LogP contribution is 2.26. The number of hydrogen-bond acceptors (Lipinski definition) is 6. The van der Waals surface area contributed by atoms with Crippen LogP contribution in [0.4, 0.5) is 5.69 Å². The van der Waals surface area contributed by atoms with Crippen LogP contribution in [0.3, 0.4) is 0 Å². The number of nitrogens with zero attached hydrogens (tertiary/aromatic N) is 3. The standard InChI is InChI=1S/C21H23ClN4O2S/c1-3-26(4-2)18-10-7-16(12-23-25-21-24-20(27)14-29-21)19(11-18)28-13-15-5-8-17(22)9-6-15/h5-12H,3-4,13-14H2,1-2H3,(H,24,25,27). The molecule has 0 bridgehead atoms. The number of anilines is 1. The van der Waals surface area contributed by atoms with E-state index in [1.54, 1.807) is 6.21 Å². The van der Waals surface area contributed by atoms with Crippen LogP contribution in [0.15, 0.2) is 52.7 Å². The monoisotopic (exact) mass is 430 g/mol. The smallest absolute Gasteiger partial charge is 0.236 e. The molecule has 152 valence electrons. The molecule has 2 aromatic rings. The van der Waals surface area contributed by atoms with Gasteiger partial charge in [0.05, 0.1) is 12.0 Å². The summed E-state index contributed by atoms with van der Waals surface area (Å²) in [7, 11) is 0. The normalized spacial score (nSPS) is 15.1. The number of benzene rings is 2. The molecule has 6 nitrogen and oxygen atoms in total. The van der Waals surface area contributed by atoms with Crippen LogP contribution in [0, 0.1) is 0 Å². The number of halogens is 1. The minimum Gasteiger partial charge on any atom is -0.488 e. The summed E-state index contributed by atoms with van der Waals surface area (Å²) >= 11 is 7.30. The molecule has 0 saturated carbocycles. The van der Waals surface area contributed by atoms with E-state index >= 15 is 0 Å². The van der Waals surface area contributed by atoms with E-state index in [9.17, 15) is 4.79 Å². The summed E-state index contributed by atoms with van der Waals surface area (Å²) in [5, 5.41) is 12.0. The van der Waals surface area contributed by atoms with Gasteiger partial charge in [-0.3, -0.25) is 4.79 Å². The average molecular weight is 431 g/mol. The van der Waals surface area contributed by atoms with Crippen LogP contribution in [0.1, 0.15) is 25.0 Å². The van der Waals surface area contributed by atoms with Gasteiger partial charge in [0.25, 0.3) is 0 Å². The lowest BCUT2D eigenvalue weighted by Crippen LogP contribution is -2.21. The Morgan fingerprint density at radius 3 is 2.62 bits per heavy atom. The Bertz CT molecular complexity index is 911. The average Bonchev–Trinajstić information content (AvgIpc) is 3.14. The predicted octanol–water partition coefficient (Wildman–Crippen LogP) is 4.32. The first-order valence-corrected chi connectivity index (χ1v) is 10.7. The Balaban J connectivity index is 1.81. The number of rotatable bonds is 8. The molecule has 1 saturated heterocycles. The lowest BCUT2D eigenvalue weighted by molar-refractivity contribution is -0.116. The van der Waals surface area contributed by atoms with E-state index in [0.29, 0.717) is 22.6 Å². The van der Waals surface area contributed by atoms with Crippen LogP contribution >= 0.6 is 23.4 Å². The summed E-state index contributed by atoms with van der Waals surface area (Å²) in [5.74, 6) is 1.04. The highest BCUT2D eigenvalue weighted by Gasteiger charge is 2.16. The third-order valence-electron chi connectivity index (χ3n) is 4.37. The Morgan fingerprint density at radius 1 is 1.21 bits per heavy atom. The van der Waals surface area contributed by atoms with Gasteiger partial charge in [0.2, 0.25) is 5.91 Å². The summed E-state index contributed by atoms with van der Waals surface area (Å²) in [5.41, 5.74) is 2.92. The fourth-order valence-corrected chi connectivity index (χ4v) is 3.56. The molecule has 8 heteroatoms. The van der Waals surface area contributed by atoms with Crippen molar-refractivity contribution in [1.82, 2.24) is 5.32 Å². The van der Waals surface area contributed by atoms with Crippen LogP contribution in [0.25, 0.3) is 0 Å². The van der Waals surface area contributed by atoms with Crippen molar-refractivity contribution in [2.45, 2.75) is 20.5 Å². The van der Waals surface area contributed by atoms with Crippen LogP contribution < -0.4 is 15.0 Å². The number of carbonyl (C=O) groups is 1. The lowest BCUT2D eigenvalue weighted by atomic mass is 10.1. The van der Waals surface area contributed by atoms with Crippen LogP contribution in [-0.2, 0) is 11.4 Å². The first-order chi connectivity index (χ1) is 14.1. The first kappa shape index (κ1) is 21.2. The number of amides is 1. The van der Waals surface area contributed by atoms with Crippen LogP contribution in [0.2, 0.25) is 5.02 Å². The molecule has 0 aliphatic carbocycles. The van der Waals surface area contributed by atoms with E-state index in [1.165, 1.54) is 11.8 Å². The second-order valence-corrected chi connectivity index (χ2v) is 7.70.